The Bertz CT molecular complexity index is 772. The van der Waals surface area contributed by atoms with Crippen molar-refractivity contribution in [2.75, 3.05) is 31.6 Å². The maximum absolute atomic E-state index is 12.4. The van der Waals surface area contributed by atoms with Crippen LogP contribution < -0.4 is 15.5 Å². The van der Waals surface area contributed by atoms with E-state index in [1.165, 1.54) is 0 Å². The number of para-hydroxylation sites is 1. The van der Waals surface area contributed by atoms with Gasteiger partial charge in [0.2, 0.25) is 0 Å². The van der Waals surface area contributed by atoms with E-state index < -0.39 is 12.6 Å². The summed E-state index contributed by atoms with van der Waals surface area (Å²) in [4.78, 5) is 6.48. The lowest BCUT2D eigenvalue weighted by Gasteiger charge is -2.20. The lowest BCUT2D eigenvalue weighted by molar-refractivity contribution is -0.132. The minimum Gasteiger partial charge on any atom is -0.375 e. The summed E-state index contributed by atoms with van der Waals surface area (Å²) in [5.74, 6) is 1.72. The molecule has 0 aliphatic carbocycles. The van der Waals surface area contributed by atoms with Crippen LogP contribution >= 0.6 is 0 Å². The fourth-order valence-electron chi connectivity index (χ4n) is 2.57. The minimum atomic E-state index is -4.21. The largest absolute Gasteiger partial charge is 0.390 e. The highest BCUT2D eigenvalue weighted by molar-refractivity contribution is 5.79. The third-order valence-corrected chi connectivity index (χ3v) is 4.42. The van der Waals surface area contributed by atoms with E-state index in [2.05, 4.69) is 30.7 Å². The number of benzene rings is 1. The lowest BCUT2D eigenvalue weighted by Crippen LogP contribution is -2.40. The Kier molecular flexibility index (Phi) is 8.29. The molecule has 0 saturated heterocycles. The van der Waals surface area contributed by atoms with Crippen LogP contribution in [0.3, 0.4) is 0 Å². The van der Waals surface area contributed by atoms with E-state index in [9.17, 15) is 13.2 Å². The first-order valence-electron chi connectivity index (χ1n) is 9.46. The molecule has 0 aliphatic rings. The Morgan fingerprint density at radius 2 is 1.83 bits per heavy atom. The Morgan fingerprint density at radius 1 is 1.14 bits per heavy atom. The number of halogens is 3. The first-order valence-corrected chi connectivity index (χ1v) is 9.46. The molecule has 0 atom stereocenters. The summed E-state index contributed by atoms with van der Waals surface area (Å²) in [6.45, 7) is 3.19. The van der Waals surface area contributed by atoms with Crippen molar-refractivity contribution < 1.29 is 13.2 Å². The SMILES string of the molecule is Cc1nnc(CN=C(NCCCN(C)c2ccccc2)NCCC(F)(F)F)n1C. The van der Waals surface area contributed by atoms with Gasteiger partial charge in [0.15, 0.2) is 11.8 Å². The highest BCUT2D eigenvalue weighted by atomic mass is 19.4. The highest BCUT2D eigenvalue weighted by Crippen LogP contribution is 2.18. The molecule has 0 amide bonds. The maximum atomic E-state index is 12.4. The van der Waals surface area contributed by atoms with Crippen molar-refractivity contribution in [3.8, 4) is 0 Å². The number of hydrogen-bond donors (Lipinski definition) is 2. The molecule has 0 spiro atoms. The molecule has 1 heterocycles. The number of rotatable bonds is 9. The fourth-order valence-corrected chi connectivity index (χ4v) is 2.57. The van der Waals surface area contributed by atoms with Crippen LogP contribution in [0.15, 0.2) is 35.3 Å². The zero-order chi connectivity index (χ0) is 21.3. The van der Waals surface area contributed by atoms with Crippen molar-refractivity contribution in [1.29, 1.82) is 0 Å². The van der Waals surface area contributed by atoms with Crippen molar-refractivity contribution in [1.82, 2.24) is 25.4 Å². The zero-order valence-electron chi connectivity index (χ0n) is 17.0. The molecule has 7 nitrogen and oxygen atoms in total. The minimum absolute atomic E-state index is 0.225. The number of aromatic nitrogens is 3. The molecule has 1 aromatic carbocycles. The van der Waals surface area contributed by atoms with Crippen molar-refractivity contribution in [2.45, 2.75) is 32.5 Å². The van der Waals surface area contributed by atoms with Gasteiger partial charge in [0.05, 0.1) is 6.42 Å². The Morgan fingerprint density at radius 3 is 2.45 bits per heavy atom. The molecule has 0 radical (unpaired) electrons. The first kappa shape index (κ1) is 22.5. The van der Waals surface area contributed by atoms with E-state index in [0.29, 0.717) is 18.3 Å². The number of guanidine groups is 1. The van der Waals surface area contributed by atoms with Crippen molar-refractivity contribution in [2.24, 2.45) is 12.0 Å². The molecule has 2 N–H and O–H groups in total. The van der Waals surface area contributed by atoms with Gasteiger partial charge in [0.25, 0.3) is 0 Å². The molecule has 0 bridgehead atoms. The van der Waals surface area contributed by atoms with Crippen LogP contribution in [0.2, 0.25) is 0 Å². The number of aliphatic imine (C=N–C) groups is 1. The molecular formula is C19H28F3N7. The normalized spacial score (nSPS) is 12.1. The Hall–Kier alpha value is -2.78. The van der Waals surface area contributed by atoms with E-state index in [1.807, 2.05) is 51.4 Å². The van der Waals surface area contributed by atoms with Crippen LogP contribution in [0, 0.1) is 6.92 Å². The second-order valence-electron chi connectivity index (χ2n) is 6.72. The number of hydrogen-bond acceptors (Lipinski definition) is 4. The van der Waals surface area contributed by atoms with Gasteiger partial charge in [0, 0.05) is 39.4 Å². The second-order valence-corrected chi connectivity index (χ2v) is 6.72. The van der Waals surface area contributed by atoms with E-state index in [-0.39, 0.29) is 13.1 Å². The second kappa shape index (κ2) is 10.7. The number of anilines is 1. The molecule has 10 heteroatoms. The van der Waals surface area contributed by atoms with Crippen LogP contribution in [0.25, 0.3) is 0 Å². The first-order chi connectivity index (χ1) is 13.8. The quantitative estimate of drug-likeness (QED) is 0.377. The third-order valence-electron chi connectivity index (χ3n) is 4.42. The number of nitrogens with zero attached hydrogens (tertiary/aromatic N) is 5. The standard InChI is InChI=1S/C19H28F3N7/c1-15-26-27-17(29(15)3)14-25-18(24-12-10-19(20,21)22)23-11-7-13-28(2)16-8-5-4-6-9-16/h4-6,8-9H,7,10-14H2,1-3H3,(H2,23,24,25). The van der Waals surface area contributed by atoms with Gasteiger partial charge < -0.3 is 20.1 Å². The molecule has 29 heavy (non-hydrogen) atoms. The average molecular weight is 411 g/mol. The van der Waals surface area contributed by atoms with Gasteiger partial charge in [-0.05, 0) is 25.5 Å². The highest BCUT2D eigenvalue weighted by Gasteiger charge is 2.26. The molecule has 1 aromatic heterocycles. The fraction of sp³-hybridized carbons (Fsp3) is 0.526. The zero-order valence-corrected chi connectivity index (χ0v) is 17.0. The van der Waals surface area contributed by atoms with E-state index in [4.69, 9.17) is 0 Å². The van der Waals surface area contributed by atoms with Crippen molar-refractivity contribution in [3.05, 3.63) is 42.0 Å². The van der Waals surface area contributed by atoms with E-state index in [0.717, 1.165) is 24.5 Å². The van der Waals surface area contributed by atoms with Gasteiger partial charge in [-0.15, -0.1) is 10.2 Å². The van der Waals surface area contributed by atoms with Gasteiger partial charge >= 0.3 is 6.18 Å². The van der Waals surface area contributed by atoms with Crippen LogP contribution in [0.4, 0.5) is 18.9 Å². The molecule has 0 aliphatic heterocycles. The third kappa shape index (κ3) is 8.00. The predicted octanol–water partition coefficient (Wildman–Crippen LogP) is 2.64. The van der Waals surface area contributed by atoms with E-state index >= 15 is 0 Å². The molecular weight excluding hydrogens is 383 g/mol. The summed E-state index contributed by atoms with van der Waals surface area (Å²) in [5, 5.41) is 13.8. The van der Waals surface area contributed by atoms with Crippen molar-refractivity contribution in [3.63, 3.8) is 0 Å². The Balaban J connectivity index is 1.86. The smallest absolute Gasteiger partial charge is 0.375 e. The monoisotopic (exact) mass is 411 g/mol. The van der Waals surface area contributed by atoms with E-state index in [1.54, 1.807) is 4.57 Å². The molecule has 0 saturated carbocycles. The maximum Gasteiger partial charge on any atom is 0.390 e. The summed E-state index contributed by atoms with van der Waals surface area (Å²) >= 11 is 0. The predicted molar refractivity (Wildman–Crippen MR) is 108 cm³/mol. The number of nitrogens with one attached hydrogen (secondary N) is 2. The summed E-state index contributed by atoms with van der Waals surface area (Å²) < 4.78 is 39.1. The van der Waals surface area contributed by atoms with Crippen molar-refractivity contribution >= 4 is 11.6 Å². The average Bonchev–Trinajstić information content (AvgIpc) is 3.00. The topological polar surface area (TPSA) is 70.4 Å². The molecule has 0 fully saturated rings. The summed E-state index contributed by atoms with van der Waals surface area (Å²) in [7, 11) is 3.83. The van der Waals surface area contributed by atoms with Gasteiger partial charge in [-0.1, -0.05) is 18.2 Å². The van der Waals surface area contributed by atoms with Crippen LogP contribution in [0.1, 0.15) is 24.5 Å². The van der Waals surface area contributed by atoms with Gasteiger partial charge in [0.1, 0.15) is 12.4 Å². The number of alkyl halides is 3. The summed E-state index contributed by atoms with van der Waals surface area (Å²) in [6.07, 6.45) is -4.33. The van der Waals surface area contributed by atoms with Gasteiger partial charge in [-0.3, -0.25) is 0 Å². The Labute approximate surface area is 169 Å². The summed E-state index contributed by atoms with van der Waals surface area (Å²) in [5.41, 5.74) is 1.11. The van der Waals surface area contributed by atoms with Gasteiger partial charge in [-0.25, -0.2) is 4.99 Å². The van der Waals surface area contributed by atoms with Crippen LogP contribution in [0.5, 0.6) is 0 Å². The van der Waals surface area contributed by atoms with Crippen LogP contribution in [-0.2, 0) is 13.6 Å². The van der Waals surface area contributed by atoms with Crippen LogP contribution in [-0.4, -0.2) is 53.6 Å². The molecule has 160 valence electrons. The molecule has 2 aromatic rings. The summed E-state index contributed by atoms with van der Waals surface area (Å²) in [6, 6.07) is 9.98. The number of aryl methyl sites for hydroxylation is 1. The molecule has 0 unspecified atom stereocenters. The lowest BCUT2D eigenvalue weighted by atomic mass is 10.3. The van der Waals surface area contributed by atoms with Gasteiger partial charge in [-0.2, -0.15) is 13.2 Å². The molecule has 2 rings (SSSR count).